The molecular weight excluding hydrogens is 525 g/mol. The van der Waals surface area contributed by atoms with Gasteiger partial charge in [0.15, 0.2) is 11.5 Å². The number of ether oxygens (including phenoxy) is 2. The summed E-state index contributed by atoms with van der Waals surface area (Å²) in [6.45, 7) is 5.31. The molecule has 2 aliphatic rings. The number of methoxy groups -OCH3 is 1. The van der Waals surface area contributed by atoms with Crippen molar-refractivity contribution in [1.29, 1.82) is 0 Å². The molecule has 0 aromatic heterocycles. The summed E-state index contributed by atoms with van der Waals surface area (Å²) < 4.78 is 26.0. The van der Waals surface area contributed by atoms with Gasteiger partial charge in [0, 0.05) is 42.8 Å². The monoisotopic (exact) mass is 553 g/mol. The molecular formula is C25H30BrClFN3O3. The molecule has 1 N–H and O–H groups in total. The van der Waals surface area contributed by atoms with Crippen molar-refractivity contribution >= 4 is 46.0 Å². The molecule has 2 heterocycles. The summed E-state index contributed by atoms with van der Waals surface area (Å²) in [5, 5.41) is 3.00. The summed E-state index contributed by atoms with van der Waals surface area (Å²) in [5.74, 6) is 1.04. The highest BCUT2D eigenvalue weighted by Crippen LogP contribution is 2.40. The number of amides is 1. The summed E-state index contributed by atoms with van der Waals surface area (Å²) in [6, 6.07) is 10.7. The fraction of sp³-hybridized carbons (Fsp3) is 0.400. The highest BCUT2D eigenvalue weighted by molar-refractivity contribution is 9.10. The number of nitrogens with zero attached hydrogens (tertiary/aromatic N) is 2. The number of carbonyl (C=O) groups is 1. The van der Waals surface area contributed by atoms with Gasteiger partial charge in [0.25, 0.3) is 5.91 Å². The average molecular weight is 555 g/mol. The summed E-state index contributed by atoms with van der Waals surface area (Å²) in [7, 11) is 1.60. The molecule has 2 aromatic rings. The molecule has 6 nitrogen and oxygen atoms in total. The molecule has 2 aliphatic heterocycles. The second-order valence-corrected chi connectivity index (χ2v) is 9.05. The second-order valence-electron chi connectivity index (χ2n) is 8.19. The molecule has 0 aliphatic carbocycles. The van der Waals surface area contributed by atoms with E-state index in [1.165, 1.54) is 6.07 Å². The molecule has 184 valence electrons. The number of rotatable bonds is 8. The summed E-state index contributed by atoms with van der Waals surface area (Å²) in [5.41, 5.74) is 2.11. The Morgan fingerprint density at radius 2 is 1.91 bits per heavy atom. The number of hydrogen-bond acceptors (Lipinski definition) is 5. The van der Waals surface area contributed by atoms with E-state index >= 15 is 0 Å². The van der Waals surface area contributed by atoms with Crippen LogP contribution in [0, 0.1) is 5.82 Å². The fourth-order valence-corrected chi connectivity index (χ4v) is 4.62. The van der Waals surface area contributed by atoms with Gasteiger partial charge in [-0.2, -0.15) is 0 Å². The quantitative estimate of drug-likeness (QED) is 0.487. The van der Waals surface area contributed by atoms with Crippen LogP contribution in [0.5, 0.6) is 11.5 Å². The van der Waals surface area contributed by atoms with Crippen molar-refractivity contribution < 1.29 is 18.7 Å². The first kappa shape index (κ1) is 26.3. The number of fused-ring (bicyclic) bond motifs is 1. The largest absolute Gasteiger partial charge is 0.493 e. The van der Waals surface area contributed by atoms with E-state index in [0.717, 1.165) is 55.6 Å². The van der Waals surface area contributed by atoms with E-state index in [4.69, 9.17) is 9.47 Å². The number of benzene rings is 2. The summed E-state index contributed by atoms with van der Waals surface area (Å²) in [4.78, 5) is 17.1. The van der Waals surface area contributed by atoms with E-state index in [1.807, 2.05) is 30.3 Å². The lowest BCUT2D eigenvalue weighted by Gasteiger charge is -2.36. The molecule has 0 saturated carbocycles. The zero-order chi connectivity index (χ0) is 23.2. The van der Waals surface area contributed by atoms with Crippen LogP contribution in [0.2, 0.25) is 0 Å². The Bertz CT molecular complexity index is 1030. The Labute approximate surface area is 214 Å². The van der Waals surface area contributed by atoms with E-state index in [2.05, 4.69) is 31.0 Å². The standard InChI is InChI=1S/C25H29BrFN3O3.ClH/c1-32-23-9-8-20(26)19-16-18(17-33-24(19)23)25(31)28-10-4-5-11-29-12-14-30(15-13-29)22-7-3-2-6-21(22)27;/h2-3,6-9,16H,4-5,10-15,17H2,1H3,(H,28,31);1H. The van der Waals surface area contributed by atoms with Crippen molar-refractivity contribution in [3.63, 3.8) is 0 Å². The number of hydrogen-bond donors (Lipinski definition) is 1. The smallest absolute Gasteiger partial charge is 0.250 e. The molecule has 1 fully saturated rings. The van der Waals surface area contributed by atoms with E-state index in [-0.39, 0.29) is 30.7 Å². The van der Waals surface area contributed by atoms with Gasteiger partial charge in [-0.1, -0.05) is 28.1 Å². The Hall–Kier alpha value is -2.29. The van der Waals surface area contributed by atoms with Gasteiger partial charge in [0.05, 0.1) is 18.4 Å². The van der Waals surface area contributed by atoms with Crippen LogP contribution in [0.25, 0.3) is 6.08 Å². The number of para-hydroxylation sites is 1. The average Bonchev–Trinajstić information content (AvgIpc) is 2.85. The summed E-state index contributed by atoms with van der Waals surface area (Å²) >= 11 is 3.52. The van der Waals surface area contributed by atoms with Gasteiger partial charge in [-0.3, -0.25) is 9.69 Å². The van der Waals surface area contributed by atoms with E-state index in [9.17, 15) is 9.18 Å². The predicted octanol–water partition coefficient (Wildman–Crippen LogP) is 4.51. The third-order valence-corrected chi connectivity index (χ3v) is 6.75. The van der Waals surface area contributed by atoms with Crippen molar-refractivity contribution in [3.05, 3.63) is 57.8 Å². The number of piperazine rings is 1. The minimum Gasteiger partial charge on any atom is -0.493 e. The van der Waals surface area contributed by atoms with Crippen molar-refractivity contribution in [1.82, 2.24) is 10.2 Å². The highest BCUT2D eigenvalue weighted by atomic mass is 79.9. The Kier molecular flexibility index (Phi) is 9.62. The molecule has 1 amide bonds. The Balaban J connectivity index is 0.00000324. The number of anilines is 1. The molecule has 34 heavy (non-hydrogen) atoms. The van der Waals surface area contributed by atoms with Crippen molar-refractivity contribution in [2.75, 3.05) is 57.9 Å². The van der Waals surface area contributed by atoms with Crippen LogP contribution in [0.4, 0.5) is 10.1 Å². The van der Waals surface area contributed by atoms with Gasteiger partial charge < -0.3 is 19.7 Å². The molecule has 2 aromatic carbocycles. The van der Waals surface area contributed by atoms with Crippen LogP contribution in [0.3, 0.4) is 0 Å². The third-order valence-electron chi connectivity index (χ3n) is 6.06. The molecule has 0 radical (unpaired) electrons. The summed E-state index contributed by atoms with van der Waals surface area (Å²) in [6.07, 6.45) is 3.76. The maximum absolute atomic E-state index is 14.0. The van der Waals surface area contributed by atoms with Crippen LogP contribution in [-0.2, 0) is 4.79 Å². The van der Waals surface area contributed by atoms with Gasteiger partial charge in [0.2, 0.25) is 0 Å². The van der Waals surface area contributed by atoms with E-state index in [1.54, 1.807) is 13.2 Å². The maximum Gasteiger partial charge on any atom is 0.250 e. The number of halogens is 3. The molecule has 0 bridgehead atoms. The number of nitrogens with one attached hydrogen (secondary N) is 1. The van der Waals surface area contributed by atoms with Gasteiger partial charge in [-0.25, -0.2) is 4.39 Å². The first-order chi connectivity index (χ1) is 16.1. The minimum absolute atomic E-state index is 0. The lowest BCUT2D eigenvalue weighted by atomic mass is 10.1. The topological polar surface area (TPSA) is 54.0 Å². The first-order valence-electron chi connectivity index (χ1n) is 11.3. The van der Waals surface area contributed by atoms with Crippen LogP contribution >= 0.6 is 28.3 Å². The zero-order valence-corrected chi connectivity index (χ0v) is 21.6. The molecule has 9 heteroatoms. The normalized spacial score (nSPS) is 15.5. The number of carbonyl (C=O) groups excluding carboxylic acids is 1. The van der Waals surface area contributed by atoms with E-state index in [0.29, 0.717) is 29.3 Å². The SMILES string of the molecule is COc1ccc(Br)c2c1OCC(C(=O)NCCCCN1CCN(c3ccccc3F)CC1)=C2.Cl. The molecule has 0 spiro atoms. The van der Waals surface area contributed by atoms with Crippen molar-refractivity contribution in [2.24, 2.45) is 0 Å². The molecule has 0 unspecified atom stereocenters. The van der Waals surface area contributed by atoms with Crippen LogP contribution in [-0.4, -0.2) is 63.8 Å². The van der Waals surface area contributed by atoms with Crippen LogP contribution in [0.15, 0.2) is 46.4 Å². The third kappa shape index (κ3) is 6.23. The highest BCUT2D eigenvalue weighted by Gasteiger charge is 2.22. The second kappa shape index (κ2) is 12.4. The van der Waals surface area contributed by atoms with Gasteiger partial charge in [-0.15, -0.1) is 12.4 Å². The first-order valence-corrected chi connectivity index (χ1v) is 12.1. The maximum atomic E-state index is 14.0. The zero-order valence-electron chi connectivity index (χ0n) is 19.2. The minimum atomic E-state index is -0.157. The van der Waals surface area contributed by atoms with Crippen molar-refractivity contribution in [2.45, 2.75) is 12.8 Å². The lowest BCUT2D eigenvalue weighted by Crippen LogP contribution is -2.47. The molecule has 0 atom stereocenters. The van der Waals surface area contributed by atoms with Gasteiger partial charge >= 0.3 is 0 Å². The van der Waals surface area contributed by atoms with Crippen molar-refractivity contribution in [3.8, 4) is 11.5 Å². The van der Waals surface area contributed by atoms with Gasteiger partial charge in [0.1, 0.15) is 12.4 Å². The predicted molar refractivity (Wildman–Crippen MR) is 139 cm³/mol. The molecule has 1 saturated heterocycles. The fourth-order valence-electron chi connectivity index (χ4n) is 4.19. The van der Waals surface area contributed by atoms with E-state index < -0.39 is 0 Å². The Morgan fingerprint density at radius 1 is 1.15 bits per heavy atom. The Morgan fingerprint density at radius 3 is 2.65 bits per heavy atom. The van der Waals surface area contributed by atoms with Crippen LogP contribution < -0.4 is 19.7 Å². The van der Waals surface area contributed by atoms with Crippen LogP contribution in [0.1, 0.15) is 18.4 Å². The number of unbranched alkanes of at least 4 members (excludes halogenated alkanes) is 1. The molecule has 4 rings (SSSR count). The van der Waals surface area contributed by atoms with Gasteiger partial charge in [-0.05, 0) is 49.7 Å². The lowest BCUT2D eigenvalue weighted by molar-refractivity contribution is -0.117.